The molecule has 1 rings (SSSR count). The normalized spacial score (nSPS) is 22.3. The van der Waals surface area contributed by atoms with Crippen molar-refractivity contribution in [3.8, 4) is 0 Å². The summed E-state index contributed by atoms with van der Waals surface area (Å²) in [6.45, 7) is 16.5. The molecule has 0 aromatic carbocycles. The molecule has 1 atom stereocenters. The molecule has 1 fully saturated rings. The highest BCUT2D eigenvalue weighted by Gasteiger charge is 2.53. The summed E-state index contributed by atoms with van der Waals surface area (Å²) in [7, 11) is 0. The number of nitrogens with zero attached hydrogens (tertiary/aromatic N) is 2. The van der Waals surface area contributed by atoms with E-state index >= 15 is 0 Å². The van der Waals surface area contributed by atoms with Crippen LogP contribution in [0.15, 0.2) is 4.99 Å². The van der Waals surface area contributed by atoms with Crippen molar-refractivity contribution < 1.29 is 0 Å². The Hall–Kier alpha value is 0.350. The standard InChI is InChI=1S/C14H29N3S.HI/c1-8-15-12(16-9-11(2)18-7)17-10-13(3,4)14(17,5)6;/h11H,8-10H2,1-7H3,(H,15,16);1H. The number of nitrogens with one attached hydrogen (secondary N) is 1. The zero-order chi connectivity index (χ0) is 14.0. The van der Waals surface area contributed by atoms with Crippen molar-refractivity contribution in [2.24, 2.45) is 10.4 Å². The molecular weight excluding hydrogens is 369 g/mol. The second kappa shape index (κ2) is 7.38. The summed E-state index contributed by atoms with van der Waals surface area (Å²) in [6, 6.07) is 0. The lowest BCUT2D eigenvalue weighted by atomic mass is 9.65. The molecule has 1 unspecified atom stereocenters. The van der Waals surface area contributed by atoms with Crippen LogP contribution in [0, 0.1) is 5.41 Å². The Kier molecular flexibility index (Phi) is 7.52. The number of rotatable bonds is 4. The van der Waals surface area contributed by atoms with E-state index in [1.54, 1.807) is 0 Å². The number of guanidine groups is 1. The van der Waals surface area contributed by atoms with E-state index in [1.807, 2.05) is 11.8 Å². The number of likely N-dealkylation sites (tertiary alicyclic amines) is 1. The first-order chi connectivity index (χ1) is 8.26. The van der Waals surface area contributed by atoms with Crippen LogP contribution in [0.1, 0.15) is 41.5 Å². The second-order valence-electron chi connectivity index (χ2n) is 6.27. The van der Waals surface area contributed by atoms with Crippen molar-refractivity contribution in [1.29, 1.82) is 0 Å². The van der Waals surface area contributed by atoms with Gasteiger partial charge in [0.2, 0.25) is 0 Å². The van der Waals surface area contributed by atoms with Gasteiger partial charge in [-0.25, -0.2) is 0 Å². The van der Waals surface area contributed by atoms with Gasteiger partial charge in [-0.15, -0.1) is 24.0 Å². The highest BCUT2D eigenvalue weighted by Crippen LogP contribution is 2.46. The van der Waals surface area contributed by atoms with Crippen LogP contribution in [0.4, 0.5) is 0 Å². The van der Waals surface area contributed by atoms with Crippen molar-refractivity contribution in [3.63, 3.8) is 0 Å². The lowest BCUT2D eigenvalue weighted by Gasteiger charge is -2.62. The molecule has 0 aliphatic carbocycles. The monoisotopic (exact) mass is 399 g/mol. The third kappa shape index (κ3) is 4.16. The molecule has 1 aliphatic heterocycles. The smallest absolute Gasteiger partial charge is 0.194 e. The van der Waals surface area contributed by atoms with Gasteiger partial charge in [0.15, 0.2) is 5.96 Å². The molecule has 0 saturated carbocycles. The van der Waals surface area contributed by atoms with E-state index in [2.05, 4.69) is 58.0 Å². The van der Waals surface area contributed by atoms with E-state index in [0.29, 0.717) is 10.7 Å². The SMILES string of the molecule is CCNC(=NCC(C)SC)N1CC(C)(C)C1(C)C.I. The second-order valence-corrected chi connectivity index (χ2v) is 7.55. The van der Waals surface area contributed by atoms with Gasteiger partial charge in [-0.1, -0.05) is 20.8 Å². The predicted molar refractivity (Wildman–Crippen MR) is 98.9 cm³/mol. The Morgan fingerprint density at radius 3 is 2.32 bits per heavy atom. The zero-order valence-electron chi connectivity index (χ0n) is 13.4. The molecule has 0 aromatic heterocycles. The molecule has 0 amide bonds. The van der Waals surface area contributed by atoms with Crippen LogP contribution in [0.5, 0.6) is 0 Å². The van der Waals surface area contributed by atoms with Crippen molar-refractivity contribution in [2.45, 2.75) is 52.3 Å². The summed E-state index contributed by atoms with van der Waals surface area (Å²) in [5.41, 5.74) is 0.533. The van der Waals surface area contributed by atoms with E-state index in [4.69, 9.17) is 4.99 Å². The summed E-state index contributed by atoms with van der Waals surface area (Å²) >= 11 is 1.87. The molecule has 1 N–H and O–H groups in total. The van der Waals surface area contributed by atoms with E-state index in [1.165, 1.54) is 0 Å². The minimum Gasteiger partial charge on any atom is -0.356 e. The minimum absolute atomic E-state index is 0. The Labute approximate surface area is 140 Å². The van der Waals surface area contributed by atoms with Gasteiger partial charge in [0, 0.05) is 29.3 Å². The number of aliphatic imine (C=N–C) groups is 1. The maximum atomic E-state index is 4.78. The van der Waals surface area contributed by atoms with Crippen LogP contribution in [0.25, 0.3) is 0 Å². The number of halogens is 1. The molecule has 3 nitrogen and oxygen atoms in total. The molecule has 0 radical (unpaired) electrons. The molecular formula is C14H30IN3S. The van der Waals surface area contributed by atoms with Crippen molar-refractivity contribution >= 4 is 41.7 Å². The Balaban J connectivity index is 0.00000324. The maximum Gasteiger partial charge on any atom is 0.194 e. The molecule has 1 saturated heterocycles. The van der Waals surface area contributed by atoms with Crippen LogP contribution in [0.2, 0.25) is 0 Å². The van der Waals surface area contributed by atoms with Crippen LogP contribution in [-0.2, 0) is 0 Å². The first kappa shape index (κ1) is 19.4. The fourth-order valence-electron chi connectivity index (χ4n) is 2.08. The largest absolute Gasteiger partial charge is 0.356 e. The molecule has 0 bridgehead atoms. The topological polar surface area (TPSA) is 27.6 Å². The molecule has 1 heterocycles. The van der Waals surface area contributed by atoms with Crippen molar-refractivity contribution in [3.05, 3.63) is 0 Å². The maximum absolute atomic E-state index is 4.78. The Morgan fingerprint density at radius 1 is 1.37 bits per heavy atom. The first-order valence-corrected chi connectivity index (χ1v) is 8.13. The molecule has 114 valence electrons. The van der Waals surface area contributed by atoms with Gasteiger partial charge >= 0.3 is 0 Å². The average molecular weight is 399 g/mol. The van der Waals surface area contributed by atoms with E-state index in [0.717, 1.165) is 25.6 Å². The van der Waals surface area contributed by atoms with Gasteiger partial charge in [0.05, 0.1) is 6.54 Å². The van der Waals surface area contributed by atoms with Gasteiger partial charge in [-0.2, -0.15) is 11.8 Å². The third-order valence-electron chi connectivity index (χ3n) is 4.38. The highest BCUT2D eigenvalue weighted by molar-refractivity contribution is 14.0. The van der Waals surface area contributed by atoms with Crippen molar-refractivity contribution in [2.75, 3.05) is 25.9 Å². The molecule has 5 heteroatoms. The fourth-order valence-corrected chi connectivity index (χ4v) is 2.31. The highest BCUT2D eigenvalue weighted by atomic mass is 127. The molecule has 0 aromatic rings. The molecule has 19 heavy (non-hydrogen) atoms. The van der Waals surface area contributed by atoms with Crippen LogP contribution >= 0.6 is 35.7 Å². The average Bonchev–Trinajstić information content (AvgIpc) is 2.31. The molecule has 0 spiro atoms. The van der Waals surface area contributed by atoms with Crippen LogP contribution in [-0.4, -0.2) is 47.5 Å². The van der Waals surface area contributed by atoms with E-state index in [9.17, 15) is 0 Å². The van der Waals surface area contributed by atoms with Crippen molar-refractivity contribution in [1.82, 2.24) is 10.2 Å². The summed E-state index contributed by atoms with van der Waals surface area (Å²) in [5, 5.41) is 4.00. The summed E-state index contributed by atoms with van der Waals surface area (Å²) in [6.07, 6.45) is 2.14. The molecule has 1 aliphatic rings. The summed E-state index contributed by atoms with van der Waals surface area (Å²) < 4.78 is 0. The predicted octanol–water partition coefficient (Wildman–Crippen LogP) is 3.44. The lowest BCUT2D eigenvalue weighted by Crippen LogP contribution is -2.72. The quantitative estimate of drug-likeness (QED) is 0.446. The van der Waals surface area contributed by atoms with E-state index in [-0.39, 0.29) is 29.5 Å². The van der Waals surface area contributed by atoms with Crippen LogP contribution in [0.3, 0.4) is 0 Å². The summed E-state index contributed by atoms with van der Waals surface area (Å²) in [4.78, 5) is 7.18. The fraction of sp³-hybridized carbons (Fsp3) is 0.929. The Morgan fingerprint density at radius 2 is 1.95 bits per heavy atom. The van der Waals surface area contributed by atoms with Gasteiger partial charge < -0.3 is 10.2 Å². The third-order valence-corrected chi connectivity index (χ3v) is 5.33. The van der Waals surface area contributed by atoms with E-state index < -0.39 is 0 Å². The van der Waals surface area contributed by atoms with Gasteiger partial charge in [0.1, 0.15) is 0 Å². The number of hydrogen-bond acceptors (Lipinski definition) is 2. The number of thioether (sulfide) groups is 1. The lowest BCUT2D eigenvalue weighted by molar-refractivity contribution is -0.0667. The zero-order valence-corrected chi connectivity index (χ0v) is 16.6. The van der Waals surface area contributed by atoms with Crippen LogP contribution < -0.4 is 5.32 Å². The van der Waals surface area contributed by atoms with Gasteiger partial charge in [-0.05, 0) is 27.0 Å². The first-order valence-electron chi connectivity index (χ1n) is 6.85. The summed E-state index contributed by atoms with van der Waals surface area (Å²) in [5.74, 6) is 1.07. The number of hydrogen-bond donors (Lipinski definition) is 1. The Bertz CT molecular complexity index is 316. The minimum atomic E-state index is 0. The van der Waals surface area contributed by atoms with Gasteiger partial charge in [0.25, 0.3) is 0 Å². The van der Waals surface area contributed by atoms with Gasteiger partial charge in [-0.3, -0.25) is 4.99 Å².